The van der Waals surface area contributed by atoms with Crippen molar-refractivity contribution >= 4 is 32.5 Å². The van der Waals surface area contributed by atoms with Crippen LogP contribution in [0.4, 0.5) is 0 Å². The molecule has 3 rings (SSSR count). The summed E-state index contributed by atoms with van der Waals surface area (Å²) >= 11 is 5.99. The highest BCUT2D eigenvalue weighted by Crippen LogP contribution is 2.22. The number of benzene rings is 2. The standard InChI is InChI=1S/C15H14ClN3O4S/c1-24(20,21)11-6-7-13-14(10-11)19(18-17-13)23-9-8-22-15-5-3-2-4-12(15)16/h2-7,10H,8-9H2,1H3. The Labute approximate surface area is 143 Å². The Hall–Kier alpha value is -2.32. The molecule has 0 unspecified atom stereocenters. The predicted molar refractivity (Wildman–Crippen MR) is 89.0 cm³/mol. The van der Waals surface area contributed by atoms with Crippen molar-refractivity contribution in [2.24, 2.45) is 0 Å². The van der Waals surface area contributed by atoms with Crippen molar-refractivity contribution < 1.29 is 18.0 Å². The number of hydrogen-bond acceptors (Lipinski definition) is 6. The van der Waals surface area contributed by atoms with E-state index in [-0.39, 0.29) is 18.1 Å². The van der Waals surface area contributed by atoms with Crippen LogP contribution in [-0.4, -0.2) is 43.0 Å². The molecule has 0 saturated heterocycles. The molecule has 0 radical (unpaired) electrons. The van der Waals surface area contributed by atoms with Gasteiger partial charge < -0.3 is 9.57 Å². The zero-order valence-electron chi connectivity index (χ0n) is 12.7. The Morgan fingerprint density at radius 1 is 1.17 bits per heavy atom. The molecule has 0 saturated carbocycles. The van der Waals surface area contributed by atoms with Gasteiger partial charge in [-0.1, -0.05) is 28.6 Å². The minimum Gasteiger partial charge on any atom is -0.488 e. The van der Waals surface area contributed by atoms with Crippen LogP contribution >= 0.6 is 11.6 Å². The third-order valence-corrected chi connectivity index (χ3v) is 4.63. The van der Waals surface area contributed by atoms with E-state index in [1.165, 1.54) is 17.0 Å². The third kappa shape index (κ3) is 3.60. The smallest absolute Gasteiger partial charge is 0.175 e. The van der Waals surface area contributed by atoms with Crippen molar-refractivity contribution in [2.75, 3.05) is 19.5 Å². The molecule has 0 bridgehead atoms. The first-order valence-electron chi connectivity index (χ1n) is 7.01. The lowest BCUT2D eigenvalue weighted by Gasteiger charge is -2.09. The number of nitrogens with zero attached hydrogens (tertiary/aromatic N) is 3. The summed E-state index contributed by atoms with van der Waals surface area (Å²) in [5.74, 6) is 0.561. The second-order valence-corrected chi connectivity index (χ2v) is 7.42. The normalized spacial score (nSPS) is 11.6. The maximum absolute atomic E-state index is 11.6. The molecule has 0 N–H and O–H groups in total. The second kappa shape index (κ2) is 6.66. The topological polar surface area (TPSA) is 83.3 Å². The van der Waals surface area contributed by atoms with Gasteiger partial charge in [-0.25, -0.2) is 8.42 Å². The van der Waals surface area contributed by atoms with Gasteiger partial charge in [-0.3, -0.25) is 0 Å². The number of fused-ring (bicyclic) bond motifs is 1. The second-order valence-electron chi connectivity index (χ2n) is 5.00. The quantitative estimate of drug-likeness (QED) is 0.619. The van der Waals surface area contributed by atoms with Crippen LogP contribution in [-0.2, 0) is 9.84 Å². The SMILES string of the molecule is CS(=O)(=O)c1ccc2nnn(OCCOc3ccccc3Cl)c2c1. The molecular formula is C15H14ClN3O4S. The number of ether oxygens (including phenoxy) is 1. The van der Waals surface area contributed by atoms with Crippen LogP contribution in [0.3, 0.4) is 0 Å². The maximum atomic E-state index is 11.6. The fourth-order valence-corrected chi connectivity index (χ4v) is 2.87. The van der Waals surface area contributed by atoms with E-state index in [4.69, 9.17) is 21.2 Å². The minimum absolute atomic E-state index is 0.175. The van der Waals surface area contributed by atoms with Crippen LogP contribution in [0.2, 0.25) is 5.02 Å². The van der Waals surface area contributed by atoms with E-state index in [1.807, 2.05) is 12.1 Å². The summed E-state index contributed by atoms with van der Waals surface area (Å²) < 4.78 is 28.8. The Bertz CT molecular complexity index is 972. The van der Waals surface area contributed by atoms with E-state index in [0.29, 0.717) is 21.8 Å². The van der Waals surface area contributed by atoms with Gasteiger partial charge in [0, 0.05) is 6.26 Å². The van der Waals surface area contributed by atoms with Crippen LogP contribution in [0.1, 0.15) is 0 Å². The van der Waals surface area contributed by atoms with Crippen LogP contribution < -0.4 is 9.57 Å². The average Bonchev–Trinajstić information content (AvgIpc) is 2.95. The molecule has 0 amide bonds. The highest BCUT2D eigenvalue weighted by atomic mass is 35.5. The van der Waals surface area contributed by atoms with E-state index in [0.717, 1.165) is 6.26 Å². The first-order valence-corrected chi connectivity index (χ1v) is 9.28. The van der Waals surface area contributed by atoms with Crippen LogP contribution in [0.25, 0.3) is 11.0 Å². The molecule has 0 atom stereocenters. The highest BCUT2D eigenvalue weighted by Gasteiger charge is 2.12. The predicted octanol–water partition coefficient (Wildman–Crippen LogP) is 2.00. The molecule has 0 aliphatic carbocycles. The van der Waals surface area contributed by atoms with Gasteiger partial charge in [-0.05, 0) is 35.5 Å². The molecule has 1 heterocycles. The molecule has 126 valence electrons. The Morgan fingerprint density at radius 3 is 2.71 bits per heavy atom. The van der Waals surface area contributed by atoms with Gasteiger partial charge in [0.25, 0.3) is 0 Å². The number of rotatable bonds is 6. The number of halogens is 1. The first kappa shape index (κ1) is 16.5. The van der Waals surface area contributed by atoms with Gasteiger partial charge in [0.15, 0.2) is 16.4 Å². The van der Waals surface area contributed by atoms with Crippen LogP contribution in [0.5, 0.6) is 5.75 Å². The monoisotopic (exact) mass is 367 g/mol. The van der Waals surface area contributed by atoms with Crippen molar-refractivity contribution in [2.45, 2.75) is 4.90 Å². The first-order chi connectivity index (χ1) is 11.4. The minimum atomic E-state index is -3.32. The number of hydrogen-bond donors (Lipinski definition) is 0. The van der Waals surface area contributed by atoms with Crippen molar-refractivity contribution in [1.29, 1.82) is 0 Å². The summed E-state index contributed by atoms with van der Waals surface area (Å²) in [5, 5.41) is 8.29. The van der Waals surface area contributed by atoms with Gasteiger partial charge in [-0.15, -0.1) is 5.10 Å². The van der Waals surface area contributed by atoms with Crippen molar-refractivity contribution in [3.8, 4) is 5.75 Å². The summed E-state index contributed by atoms with van der Waals surface area (Å²) in [6.45, 7) is 0.434. The van der Waals surface area contributed by atoms with E-state index in [1.54, 1.807) is 18.2 Å². The Kier molecular flexibility index (Phi) is 4.59. The zero-order chi connectivity index (χ0) is 17.2. The van der Waals surface area contributed by atoms with Gasteiger partial charge in [-0.2, -0.15) is 0 Å². The summed E-state index contributed by atoms with van der Waals surface area (Å²) in [6.07, 6.45) is 1.14. The van der Waals surface area contributed by atoms with Crippen molar-refractivity contribution in [3.05, 3.63) is 47.5 Å². The van der Waals surface area contributed by atoms with Crippen molar-refractivity contribution in [1.82, 2.24) is 15.2 Å². The van der Waals surface area contributed by atoms with Gasteiger partial charge in [0.05, 0.1) is 9.92 Å². The molecular weight excluding hydrogens is 354 g/mol. The molecule has 1 aromatic heterocycles. The molecule has 7 nitrogen and oxygen atoms in total. The van der Waals surface area contributed by atoms with E-state index in [2.05, 4.69) is 10.3 Å². The van der Waals surface area contributed by atoms with E-state index in [9.17, 15) is 8.42 Å². The van der Waals surface area contributed by atoms with Crippen LogP contribution in [0.15, 0.2) is 47.4 Å². The number of aromatic nitrogens is 3. The van der Waals surface area contributed by atoms with Gasteiger partial charge in [0.2, 0.25) is 0 Å². The maximum Gasteiger partial charge on any atom is 0.175 e. The highest BCUT2D eigenvalue weighted by molar-refractivity contribution is 7.90. The molecule has 3 aromatic rings. The molecule has 0 aliphatic rings. The Balaban J connectivity index is 1.68. The fraction of sp³-hybridized carbons (Fsp3) is 0.200. The molecule has 2 aromatic carbocycles. The number of para-hydroxylation sites is 1. The van der Waals surface area contributed by atoms with Crippen molar-refractivity contribution in [3.63, 3.8) is 0 Å². The fourth-order valence-electron chi connectivity index (χ4n) is 2.04. The molecule has 0 fully saturated rings. The molecule has 0 spiro atoms. The van der Waals surface area contributed by atoms with E-state index >= 15 is 0 Å². The summed E-state index contributed by atoms with van der Waals surface area (Å²) in [4.78, 5) is 6.82. The van der Waals surface area contributed by atoms with Crippen LogP contribution in [0, 0.1) is 0 Å². The average molecular weight is 368 g/mol. The molecule has 0 aliphatic heterocycles. The summed E-state index contributed by atoms with van der Waals surface area (Å²) in [7, 11) is -3.32. The lowest BCUT2D eigenvalue weighted by Crippen LogP contribution is -2.19. The summed E-state index contributed by atoms with van der Waals surface area (Å²) in [6, 6.07) is 11.7. The number of sulfone groups is 1. The third-order valence-electron chi connectivity index (χ3n) is 3.21. The van der Waals surface area contributed by atoms with Gasteiger partial charge in [0.1, 0.15) is 23.4 Å². The molecule has 9 heteroatoms. The Morgan fingerprint density at radius 2 is 1.96 bits per heavy atom. The lowest BCUT2D eigenvalue weighted by atomic mass is 10.3. The summed E-state index contributed by atoms with van der Waals surface area (Å²) in [5.41, 5.74) is 1.00. The largest absolute Gasteiger partial charge is 0.488 e. The zero-order valence-corrected chi connectivity index (χ0v) is 14.3. The molecule has 24 heavy (non-hydrogen) atoms. The van der Waals surface area contributed by atoms with Gasteiger partial charge >= 0.3 is 0 Å². The van der Waals surface area contributed by atoms with E-state index < -0.39 is 9.84 Å². The lowest BCUT2D eigenvalue weighted by molar-refractivity contribution is 0.0640.